The second kappa shape index (κ2) is 13.5. The number of aliphatic hydroxyl groups excluding tert-OH is 1. The van der Waals surface area contributed by atoms with Gasteiger partial charge in [0.1, 0.15) is 0 Å². The van der Waals surface area contributed by atoms with Gasteiger partial charge in [0, 0.05) is 19.1 Å². The molecule has 2 aromatic carbocycles. The van der Waals surface area contributed by atoms with Gasteiger partial charge in [-0.2, -0.15) is 13.5 Å². The van der Waals surface area contributed by atoms with Crippen LogP contribution in [0.15, 0.2) is 60.7 Å². The molecule has 0 saturated carbocycles. The number of benzene rings is 2. The van der Waals surface area contributed by atoms with Gasteiger partial charge < -0.3 is 10.8 Å². The van der Waals surface area contributed by atoms with Gasteiger partial charge in [-0.1, -0.05) is 60.7 Å². The van der Waals surface area contributed by atoms with Crippen LogP contribution in [0, 0.1) is 0 Å². The zero-order valence-electron chi connectivity index (χ0n) is 13.8. The summed E-state index contributed by atoms with van der Waals surface area (Å²) >= 11 is 0. The first kappa shape index (κ1) is 25.5. The van der Waals surface area contributed by atoms with E-state index < -0.39 is 6.10 Å². The minimum Gasteiger partial charge on any atom is -0.390 e. The van der Waals surface area contributed by atoms with Gasteiger partial charge in [0.15, 0.2) is 0 Å². The molecule has 0 saturated heterocycles. The van der Waals surface area contributed by atoms with Gasteiger partial charge in [-0.05, 0) is 24.6 Å². The van der Waals surface area contributed by atoms with E-state index in [9.17, 15) is 5.11 Å². The largest absolute Gasteiger partial charge is 0.390 e. The van der Waals surface area contributed by atoms with Gasteiger partial charge >= 0.3 is 0 Å². The summed E-state index contributed by atoms with van der Waals surface area (Å²) in [5, 5.41) is 10.3. The molecule has 0 amide bonds. The Hall–Kier alpha value is -0.750. The third-order valence-electron chi connectivity index (χ3n) is 3.60. The summed E-state index contributed by atoms with van der Waals surface area (Å²) in [6, 6.07) is 20.1. The second-order valence-electron chi connectivity index (χ2n) is 5.60. The fraction of sp³-hybridized carbons (Fsp3) is 0.333. The van der Waals surface area contributed by atoms with Crippen molar-refractivity contribution in [2.24, 2.45) is 5.73 Å². The Bertz CT molecular complexity index is 531. The van der Waals surface area contributed by atoms with E-state index in [0.29, 0.717) is 13.0 Å². The van der Waals surface area contributed by atoms with Crippen LogP contribution in [0.2, 0.25) is 0 Å². The molecule has 0 fully saturated rings. The van der Waals surface area contributed by atoms with Crippen LogP contribution in [-0.4, -0.2) is 35.7 Å². The minimum atomic E-state index is -0.529. The molecule has 0 radical (unpaired) electrons. The Morgan fingerprint density at radius 1 is 0.917 bits per heavy atom. The third-order valence-corrected chi connectivity index (χ3v) is 3.60. The molecule has 0 aliphatic heterocycles. The molecular weight excluding hydrogens is 363 g/mol. The lowest BCUT2D eigenvalue weighted by Crippen LogP contribution is -2.43. The molecule has 0 aliphatic carbocycles. The van der Waals surface area contributed by atoms with Gasteiger partial charge in [-0.3, -0.25) is 4.90 Å². The van der Waals surface area contributed by atoms with Gasteiger partial charge in [0.25, 0.3) is 0 Å². The molecule has 2 rings (SSSR count). The Morgan fingerprint density at radius 2 is 1.38 bits per heavy atom. The summed E-state index contributed by atoms with van der Waals surface area (Å²) in [5.74, 6) is 0. The molecule has 2 aromatic rings. The van der Waals surface area contributed by atoms with Crippen molar-refractivity contribution in [1.29, 1.82) is 0 Å². The summed E-state index contributed by atoms with van der Waals surface area (Å²) in [6.07, 6.45) is 0.167. The molecule has 136 valence electrons. The van der Waals surface area contributed by atoms with Crippen LogP contribution in [0.1, 0.15) is 11.1 Å². The smallest absolute Gasteiger partial charge is 0.0820 e. The van der Waals surface area contributed by atoms with Crippen molar-refractivity contribution in [1.82, 2.24) is 4.90 Å². The van der Waals surface area contributed by atoms with E-state index in [-0.39, 0.29) is 44.4 Å². The van der Waals surface area contributed by atoms with Crippen molar-refractivity contribution < 1.29 is 5.11 Å². The van der Waals surface area contributed by atoms with Gasteiger partial charge in [-0.15, -0.1) is 24.8 Å². The van der Waals surface area contributed by atoms with Crippen molar-refractivity contribution in [2.75, 3.05) is 13.6 Å². The Labute approximate surface area is 164 Å². The van der Waals surface area contributed by atoms with Crippen LogP contribution in [-0.2, 0) is 13.0 Å². The van der Waals surface area contributed by atoms with Crippen molar-refractivity contribution in [3.8, 4) is 0 Å². The van der Waals surface area contributed by atoms with E-state index in [0.717, 1.165) is 12.1 Å². The van der Waals surface area contributed by atoms with Crippen molar-refractivity contribution in [3.63, 3.8) is 0 Å². The van der Waals surface area contributed by atoms with Crippen molar-refractivity contribution in [2.45, 2.75) is 25.1 Å². The number of nitrogens with two attached hydrogens (primary N) is 1. The first-order valence-electron chi connectivity index (χ1n) is 7.35. The lowest BCUT2D eigenvalue weighted by atomic mass is 10.0. The average molecular weight is 391 g/mol. The van der Waals surface area contributed by atoms with Gasteiger partial charge in [0.05, 0.1) is 6.10 Å². The molecule has 3 nitrogen and oxygen atoms in total. The molecule has 2 atom stereocenters. The number of rotatable bonds is 7. The first-order valence-corrected chi connectivity index (χ1v) is 7.35. The number of nitrogens with zero attached hydrogens (tertiary/aromatic N) is 1. The Morgan fingerprint density at radius 3 is 1.88 bits per heavy atom. The molecule has 0 spiro atoms. The minimum absolute atomic E-state index is 0. The molecule has 24 heavy (non-hydrogen) atoms. The summed E-state index contributed by atoms with van der Waals surface area (Å²) < 4.78 is 0. The molecule has 0 heterocycles. The maximum absolute atomic E-state index is 10.3. The number of likely N-dealkylation sites (N-methyl/N-ethyl adjacent to an activating group) is 1. The molecule has 6 heteroatoms. The highest BCUT2D eigenvalue weighted by Gasteiger charge is 2.17. The topological polar surface area (TPSA) is 49.5 Å². The third kappa shape index (κ3) is 8.92. The molecular formula is C18H28Cl2N2OS. The number of aliphatic hydroxyl groups is 1. The first-order chi connectivity index (χ1) is 10.1. The highest BCUT2D eigenvalue weighted by atomic mass is 35.5. The van der Waals surface area contributed by atoms with Crippen LogP contribution in [0.25, 0.3) is 0 Å². The summed E-state index contributed by atoms with van der Waals surface area (Å²) in [4.78, 5) is 2.10. The highest BCUT2D eigenvalue weighted by Crippen LogP contribution is 2.07. The van der Waals surface area contributed by atoms with Gasteiger partial charge in [0.2, 0.25) is 0 Å². The maximum atomic E-state index is 10.3. The van der Waals surface area contributed by atoms with E-state index in [1.807, 2.05) is 55.6 Å². The zero-order chi connectivity index (χ0) is 15.1. The quantitative estimate of drug-likeness (QED) is 0.763. The van der Waals surface area contributed by atoms with E-state index in [4.69, 9.17) is 5.73 Å². The van der Waals surface area contributed by atoms with E-state index in [1.165, 1.54) is 5.56 Å². The van der Waals surface area contributed by atoms with Crippen LogP contribution >= 0.6 is 38.3 Å². The Balaban J connectivity index is 0. The average Bonchev–Trinajstić information content (AvgIpc) is 2.49. The predicted molar refractivity (Wildman–Crippen MR) is 112 cm³/mol. The standard InChI is InChI=1S/C18H24N2O.2ClH.H2S/c1-20(13-16-10-6-3-7-11-16)14-18(21)17(19)12-15-8-4-2-5-9-15;;;/h2-11,17-18,21H,12-14,19H2,1H3;2*1H;1H2/t17-,18+;;;/m1.../s1. The number of hydrogen-bond acceptors (Lipinski definition) is 3. The van der Waals surface area contributed by atoms with Crippen molar-refractivity contribution >= 4 is 38.3 Å². The fourth-order valence-electron chi connectivity index (χ4n) is 2.44. The van der Waals surface area contributed by atoms with Crippen LogP contribution in [0.3, 0.4) is 0 Å². The van der Waals surface area contributed by atoms with Gasteiger partial charge in [-0.25, -0.2) is 0 Å². The molecule has 0 aromatic heterocycles. The summed E-state index contributed by atoms with van der Waals surface area (Å²) in [5.41, 5.74) is 8.52. The predicted octanol–water partition coefficient (Wildman–Crippen LogP) is 3.01. The normalized spacial score (nSPS) is 12.3. The SMILES string of the molecule is CN(Cc1ccccc1)C[C@H](O)[C@H](N)Cc1ccccc1.Cl.Cl.S. The molecule has 0 aliphatic rings. The zero-order valence-corrected chi connectivity index (χ0v) is 16.5. The van der Waals surface area contributed by atoms with Crippen LogP contribution < -0.4 is 5.73 Å². The van der Waals surface area contributed by atoms with Crippen LogP contribution in [0.4, 0.5) is 0 Å². The molecule has 0 unspecified atom stereocenters. The summed E-state index contributed by atoms with van der Waals surface area (Å²) in [6.45, 7) is 1.39. The monoisotopic (exact) mass is 390 g/mol. The number of halogens is 2. The number of hydrogen-bond donors (Lipinski definition) is 2. The molecule has 3 N–H and O–H groups in total. The lowest BCUT2D eigenvalue weighted by molar-refractivity contribution is 0.0992. The Kier molecular flexibility index (Phi) is 14.4. The fourth-order valence-corrected chi connectivity index (χ4v) is 2.44. The van der Waals surface area contributed by atoms with Crippen molar-refractivity contribution in [3.05, 3.63) is 71.8 Å². The van der Waals surface area contributed by atoms with E-state index >= 15 is 0 Å². The van der Waals surface area contributed by atoms with Crippen LogP contribution in [0.5, 0.6) is 0 Å². The van der Waals surface area contributed by atoms with E-state index in [1.54, 1.807) is 0 Å². The lowest BCUT2D eigenvalue weighted by Gasteiger charge is -2.25. The van der Waals surface area contributed by atoms with E-state index in [2.05, 4.69) is 17.0 Å². The second-order valence-corrected chi connectivity index (χ2v) is 5.60. The maximum Gasteiger partial charge on any atom is 0.0820 e. The summed E-state index contributed by atoms with van der Waals surface area (Å²) in [7, 11) is 2.01. The molecule has 0 bridgehead atoms. The highest BCUT2D eigenvalue weighted by molar-refractivity contribution is 7.59.